The number of nitrogens with one attached hydrogen (secondary N) is 3. The molecule has 0 aliphatic carbocycles. The molecule has 5 nitrogen and oxygen atoms in total. The van der Waals surface area contributed by atoms with Crippen LogP contribution < -0.4 is 16.0 Å². The molecule has 2 aromatic rings. The van der Waals surface area contributed by atoms with Crippen molar-refractivity contribution in [3.63, 3.8) is 0 Å². The average molecular weight is 325 g/mol. The molecule has 0 aromatic heterocycles. The van der Waals surface area contributed by atoms with Crippen LogP contribution in [0, 0.1) is 6.92 Å². The Labute approximate surface area is 142 Å². The molecule has 1 atom stereocenters. The van der Waals surface area contributed by atoms with Crippen LogP contribution in [0.15, 0.2) is 48.5 Å². The lowest BCUT2D eigenvalue weighted by Gasteiger charge is -2.17. The first-order valence-corrected chi connectivity index (χ1v) is 7.92. The van der Waals surface area contributed by atoms with Gasteiger partial charge in [0.15, 0.2) is 0 Å². The van der Waals surface area contributed by atoms with E-state index < -0.39 is 0 Å². The van der Waals surface area contributed by atoms with Crippen molar-refractivity contribution in [3.05, 3.63) is 70.8 Å². The molecule has 0 fully saturated rings. The monoisotopic (exact) mass is 325 g/mol. The number of benzene rings is 2. The van der Waals surface area contributed by atoms with E-state index >= 15 is 0 Å². The molecule has 0 heterocycles. The lowest BCUT2D eigenvalue weighted by molar-refractivity contribution is 0.0963. The van der Waals surface area contributed by atoms with Gasteiger partial charge in [-0.15, -0.1) is 0 Å². The Balaban J connectivity index is 1.87. The molecule has 0 spiro atoms. The van der Waals surface area contributed by atoms with Gasteiger partial charge < -0.3 is 16.0 Å². The highest BCUT2D eigenvalue weighted by molar-refractivity contribution is 5.93. The number of rotatable bonds is 5. The molecule has 0 aliphatic heterocycles. The van der Waals surface area contributed by atoms with Gasteiger partial charge in [0.25, 0.3) is 5.91 Å². The molecule has 24 heavy (non-hydrogen) atoms. The molecule has 0 bridgehead atoms. The van der Waals surface area contributed by atoms with Crippen molar-refractivity contribution in [1.82, 2.24) is 16.0 Å². The van der Waals surface area contributed by atoms with Crippen LogP contribution in [0.3, 0.4) is 0 Å². The Morgan fingerprint density at radius 1 is 1.04 bits per heavy atom. The first-order chi connectivity index (χ1) is 11.5. The van der Waals surface area contributed by atoms with E-state index in [1.807, 2.05) is 50.2 Å². The smallest absolute Gasteiger partial charge is 0.315 e. The predicted octanol–water partition coefficient (Wildman–Crippen LogP) is 2.92. The highest BCUT2D eigenvalue weighted by Gasteiger charge is 2.11. The predicted molar refractivity (Wildman–Crippen MR) is 94.8 cm³/mol. The normalized spacial score (nSPS) is 11.5. The number of carbonyl (C=O) groups excluding carboxylic acids is 2. The van der Waals surface area contributed by atoms with Gasteiger partial charge in [-0.3, -0.25) is 4.79 Å². The molecule has 3 N–H and O–H groups in total. The Kier molecular flexibility index (Phi) is 5.95. The third kappa shape index (κ3) is 4.59. The van der Waals surface area contributed by atoms with Gasteiger partial charge in [-0.2, -0.15) is 0 Å². The van der Waals surface area contributed by atoms with E-state index in [9.17, 15) is 9.59 Å². The molecule has 0 aliphatic rings. The van der Waals surface area contributed by atoms with Gasteiger partial charge in [0.05, 0.1) is 6.04 Å². The third-order valence-electron chi connectivity index (χ3n) is 3.90. The van der Waals surface area contributed by atoms with Crippen LogP contribution in [-0.2, 0) is 6.54 Å². The summed E-state index contributed by atoms with van der Waals surface area (Å²) in [4.78, 5) is 23.5. The zero-order valence-electron chi connectivity index (χ0n) is 14.2. The largest absolute Gasteiger partial charge is 0.355 e. The van der Waals surface area contributed by atoms with Gasteiger partial charge in [-0.25, -0.2) is 4.79 Å². The van der Waals surface area contributed by atoms with Crippen LogP contribution in [0.1, 0.15) is 40.0 Å². The molecule has 0 saturated carbocycles. The number of hydrogen-bond donors (Lipinski definition) is 3. The summed E-state index contributed by atoms with van der Waals surface area (Å²) in [5, 5.41) is 8.34. The fourth-order valence-electron chi connectivity index (χ4n) is 2.50. The molecule has 3 amide bonds. The molecule has 0 radical (unpaired) electrons. The third-order valence-corrected chi connectivity index (χ3v) is 3.90. The van der Waals surface area contributed by atoms with E-state index in [1.165, 1.54) is 0 Å². The van der Waals surface area contributed by atoms with Crippen LogP contribution >= 0.6 is 0 Å². The summed E-state index contributed by atoms with van der Waals surface area (Å²) >= 11 is 0. The van der Waals surface area contributed by atoms with Crippen LogP contribution in [0.2, 0.25) is 0 Å². The molecule has 5 heteroatoms. The van der Waals surface area contributed by atoms with E-state index in [0.717, 1.165) is 16.7 Å². The summed E-state index contributed by atoms with van der Waals surface area (Å²) in [7, 11) is 1.59. The maximum atomic E-state index is 12.0. The van der Waals surface area contributed by atoms with Gasteiger partial charge >= 0.3 is 6.03 Å². The van der Waals surface area contributed by atoms with Gasteiger partial charge in [0, 0.05) is 19.2 Å². The van der Waals surface area contributed by atoms with Crippen LogP contribution in [0.25, 0.3) is 0 Å². The first-order valence-electron chi connectivity index (χ1n) is 7.92. The van der Waals surface area contributed by atoms with E-state index in [0.29, 0.717) is 12.1 Å². The van der Waals surface area contributed by atoms with Crippen LogP contribution in [-0.4, -0.2) is 19.0 Å². The first kappa shape index (κ1) is 17.5. The summed E-state index contributed by atoms with van der Waals surface area (Å²) < 4.78 is 0. The van der Waals surface area contributed by atoms with Crippen LogP contribution in [0.4, 0.5) is 4.79 Å². The maximum Gasteiger partial charge on any atom is 0.315 e. The fraction of sp³-hybridized carbons (Fsp3) is 0.263. The number of urea groups is 1. The number of carbonyl (C=O) groups is 2. The number of aryl methyl sites for hydroxylation is 1. The summed E-state index contributed by atoms with van der Waals surface area (Å²) in [6.07, 6.45) is 0. The quantitative estimate of drug-likeness (QED) is 0.791. The summed E-state index contributed by atoms with van der Waals surface area (Å²) in [5.74, 6) is -0.126. The summed E-state index contributed by atoms with van der Waals surface area (Å²) in [6.45, 7) is 4.39. The lowest BCUT2D eigenvalue weighted by atomic mass is 10.0. The maximum absolute atomic E-state index is 12.0. The molecular weight excluding hydrogens is 302 g/mol. The zero-order chi connectivity index (χ0) is 17.5. The minimum absolute atomic E-state index is 0.0678. The Bertz CT molecular complexity index is 711. The second-order valence-electron chi connectivity index (χ2n) is 5.68. The SMILES string of the molecule is CNC(=O)c1ccc(CNC(=O)NC(C)c2ccccc2C)cc1. The number of amides is 3. The van der Waals surface area contributed by atoms with Crippen molar-refractivity contribution >= 4 is 11.9 Å². The highest BCUT2D eigenvalue weighted by Crippen LogP contribution is 2.16. The van der Waals surface area contributed by atoms with Crippen molar-refractivity contribution in [2.45, 2.75) is 26.4 Å². The van der Waals surface area contributed by atoms with E-state index in [2.05, 4.69) is 16.0 Å². The van der Waals surface area contributed by atoms with Crippen molar-refractivity contribution in [1.29, 1.82) is 0 Å². The zero-order valence-corrected chi connectivity index (χ0v) is 14.2. The van der Waals surface area contributed by atoms with E-state index in [4.69, 9.17) is 0 Å². The molecule has 2 rings (SSSR count). The second kappa shape index (κ2) is 8.15. The van der Waals surface area contributed by atoms with Gasteiger partial charge in [-0.05, 0) is 42.7 Å². The topological polar surface area (TPSA) is 70.2 Å². The van der Waals surface area contributed by atoms with Gasteiger partial charge in [-0.1, -0.05) is 36.4 Å². The van der Waals surface area contributed by atoms with Gasteiger partial charge in [0.1, 0.15) is 0 Å². The minimum Gasteiger partial charge on any atom is -0.355 e. The molecular formula is C19H23N3O2. The van der Waals surface area contributed by atoms with Crippen molar-refractivity contribution in [2.24, 2.45) is 0 Å². The molecule has 1 unspecified atom stereocenters. The minimum atomic E-state index is -0.221. The molecule has 2 aromatic carbocycles. The second-order valence-corrected chi connectivity index (χ2v) is 5.68. The van der Waals surface area contributed by atoms with E-state index in [1.54, 1.807) is 19.2 Å². The average Bonchev–Trinajstić information content (AvgIpc) is 2.60. The van der Waals surface area contributed by atoms with Gasteiger partial charge in [0.2, 0.25) is 0 Å². The number of hydrogen-bond acceptors (Lipinski definition) is 2. The fourth-order valence-corrected chi connectivity index (χ4v) is 2.50. The Morgan fingerprint density at radius 2 is 1.71 bits per heavy atom. The molecule has 126 valence electrons. The van der Waals surface area contributed by atoms with Crippen molar-refractivity contribution < 1.29 is 9.59 Å². The van der Waals surface area contributed by atoms with Crippen molar-refractivity contribution in [3.8, 4) is 0 Å². The highest BCUT2D eigenvalue weighted by atomic mass is 16.2. The molecule has 0 saturated heterocycles. The standard InChI is InChI=1S/C19H23N3O2/c1-13-6-4-5-7-17(13)14(2)22-19(24)21-12-15-8-10-16(11-9-15)18(23)20-3/h4-11,14H,12H2,1-3H3,(H,20,23)(H2,21,22,24). The summed E-state index contributed by atoms with van der Waals surface area (Å²) in [6, 6.07) is 14.8. The summed E-state index contributed by atoms with van der Waals surface area (Å²) in [5.41, 5.74) is 3.78. The lowest BCUT2D eigenvalue weighted by Crippen LogP contribution is -2.36. The van der Waals surface area contributed by atoms with E-state index in [-0.39, 0.29) is 18.0 Å². The van der Waals surface area contributed by atoms with Crippen LogP contribution in [0.5, 0.6) is 0 Å². The van der Waals surface area contributed by atoms with Crippen molar-refractivity contribution in [2.75, 3.05) is 7.05 Å². The Hall–Kier alpha value is -2.82. The Morgan fingerprint density at radius 3 is 2.33 bits per heavy atom.